The molecule has 19 heavy (non-hydrogen) atoms. The Kier molecular flexibility index (Phi) is 5.86. The molecular weight excluding hydrogens is 330 g/mol. The lowest BCUT2D eigenvalue weighted by Gasteiger charge is -2.15. The third-order valence-electron chi connectivity index (χ3n) is 2.24. The first kappa shape index (κ1) is 15.5. The zero-order valence-electron chi connectivity index (χ0n) is 10.1. The molecule has 0 saturated heterocycles. The minimum atomic E-state index is -0.740. The average Bonchev–Trinajstić information content (AvgIpc) is 2.37. The number of nitrogens with one attached hydrogen (secondary N) is 2. The topological polar surface area (TPSA) is 82.0 Å². The van der Waals surface area contributed by atoms with E-state index in [1.807, 2.05) is 6.07 Å². The van der Waals surface area contributed by atoms with Crippen LogP contribution in [0, 0.1) is 11.3 Å². The fourth-order valence-corrected chi connectivity index (χ4v) is 2.00. The van der Waals surface area contributed by atoms with E-state index in [-0.39, 0.29) is 11.7 Å². The maximum atomic E-state index is 11.9. The van der Waals surface area contributed by atoms with Crippen LogP contribution in [0.3, 0.4) is 0 Å². The highest BCUT2D eigenvalue weighted by molar-refractivity contribution is 9.10. The number of thiol groups is 1. The number of hydrogen-bond donors (Lipinski definition) is 3. The third kappa shape index (κ3) is 4.58. The van der Waals surface area contributed by atoms with Crippen molar-refractivity contribution in [3.8, 4) is 6.07 Å². The molecule has 0 radical (unpaired) electrons. The summed E-state index contributed by atoms with van der Waals surface area (Å²) in [4.78, 5) is 22.9. The first-order valence-electron chi connectivity index (χ1n) is 5.36. The van der Waals surface area contributed by atoms with E-state index >= 15 is 0 Å². The number of anilines is 1. The molecule has 1 unspecified atom stereocenters. The molecule has 1 atom stereocenters. The molecule has 0 bridgehead atoms. The van der Waals surface area contributed by atoms with Crippen LogP contribution in [-0.4, -0.2) is 23.6 Å². The van der Waals surface area contributed by atoms with Gasteiger partial charge in [0.1, 0.15) is 12.1 Å². The van der Waals surface area contributed by atoms with Gasteiger partial charge in [-0.05, 0) is 18.2 Å². The van der Waals surface area contributed by atoms with E-state index in [0.717, 1.165) is 4.47 Å². The Morgan fingerprint density at radius 3 is 2.74 bits per heavy atom. The normalized spacial score (nSPS) is 11.3. The largest absolute Gasteiger partial charge is 0.344 e. The molecule has 0 saturated carbocycles. The second kappa shape index (κ2) is 7.16. The molecule has 0 aromatic heterocycles. The predicted molar refractivity (Wildman–Crippen MR) is 78.9 cm³/mol. The van der Waals surface area contributed by atoms with Crippen molar-refractivity contribution in [1.82, 2.24) is 5.32 Å². The summed E-state index contributed by atoms with van der Waals surface area (Å²) in [5.74, 6) is -0.557. The van der Waals surface area contributed by atoms with Gasteiger partial charge < -0.3 is 10.6 Å². The lowest BCUT2D eigenvalue weighted by atomic mass is 10.2. The standard InChI is InChI=1S/C12H12BrN3O2S/c1-7(17)15-11(6-19)12(18)16-10-3-2-9(13)4-8(10)5-14/h2-4,11,19H,6H2,1H3,(H,15,17)(H,16,18). The van der Waals surface area contributed by atoms with Crippen molar-refractivity contribution in [2.24, 2.45) is 0 Å². The predicted octanol–water partition coefficient (Wildman–Crippen LogP) is 1.69. The van der Waals surface area contributed by atoms with E-state index < -0.39 is 11.9 Å². The van der Waals surface area contributed by atoms with Gasteiger partial charge in [0.15, 0.2) is 0 Å². The van der Waals surface area contributed by atoms with Gasteiger partial charge in [0.05, 0.1) is 11.3 Å². The van der Waals surface area contributed by atoms with Crippen LogP contribution >= 0.6 is 28.6 Å². The molecule has 0 heterocycles. The monoisotopic (exact) mass is 341 g/mol. The smallest absolute Gasteiger partial charge is 0.247 e. The molecule has 0 spiro atoms. The van der Waals surface area contributed by atoms with Gasteiger partial charge in [-0.1, -0.05) is 15.9 Å². The number of carbonyl (C=O) groups excluding carboxylic acids is 2. The first-order valence-corrected chi connectivity index (χ1v) is 6.79. The van der Waals surface area contributed by atoms with Crippen LogP contribution in [0.2, 0.25) is 0 Å². The number of nitriles is 1. The summed E-state index contributed by atoms with van der Waals surface area (Å²) in [6.07, 6.45) is 0. The lowest BCUT2D eigenvalue weighted by Crippen LogP contribution is -2.44. The summed E-state index contributed by atoms with van der Waals surface area (Å²) in [6, 6.07) is 6.18. The number of nitrogens with zero attached hydrogens (tertiary/aromatic N) is 1. The fourth-order valence-electron chi connectivity index (χ4n) is 1.38. The van der Waals surface area contributed by atoms with Crippen molar-refractivity contribution < 1.29 is 9.59 Å². The van der Waals surface area contributed by atoms with Crippen molar-refractivity contribution in [3.05, 3.63) is 28.2 Å². The highest BCUT2D eigenvalue weighted by atomic mass is 79.9. The molecule has 100 valence electrons. The Morgan fingerprint density at radius 1 is 1.53 bits per heavy atom. The minimum Gasteiger partial charge on any atom is -0.344 e. The van der Waals surface area contributed by atoms with Crippen LogP contribution in [0.15, 0.2) is 22.7 Å². The Balaban J connectivity index is 2.87. The van der Waals surface area contributed by atoms with Crippen LogP contribution < -0.4 is 10.6 Å². The number of hydrogen-bond acceptors (Lipinski definition) is 4. The SMILES string of the molecule is CC(=O)NC(CS)C(=O)Nc1ccc(Br)cc1C#N. The number of carbonyl (C=O) groups is 2. The number of halogens is 1. The molecular formula is C12H12BrN3O2S. The average molecular weight is 342 g/mol. The third-order valence-corrected chi connectivity index (χ3v) is 3.09. The van der Waals surface area contributed by atoms with Crippen molar-refractivity contribution in [3.63, 3.8) is 0 Å². The highest BCUT2D eigenvalue weighted by Crippen LogP contribution is 2.20. The molecule has 7 heteroatoms. The lowest BCUT2D eigenvalue weighted by molar-refractivity contribution is -0.124. The summed E-state index contributed by atoms with van der Waals surface area (Å²) in [7, 11) is 0. The maximum absolute atomic E-state index is 11.9. The molecule has 5 nitrogen and oxygen atoms in total. The van der Waals surface area contributed by atoms with Gasteiger partial charge >= 0.3 is 0 Å². The zero-order valence-corrected chi connectivity index (χ0v) is 12.6. The van der Waals surface area contributed by atoms with E-state index in [1.54, 1.807) is 18.2 Å². The molecule has 0 aliphatic rings. The molecule has 1 rings (SSSR count). The van der Waals surface area contributed by atoms with Gasteiger partial charge in [-0.2, -0.15) is 17.9 Å². The number of amides is 2. The van der Waals surface area contributed by atoms with Crippen molar-refractivity contribution in [2.45, 2.75) is 13.0 Å². The van der Waals surface area contributed by atoms with Gasteiger partial charge in [0, 0.05) is 17.1 Å². The quantitative estimate of drug-likeness (QED) is 0.729. The van der Waals surface area contributed by atoms with Gasteiger partial charge in [0.25, 0.3) is 0 Å². The number of rotatable bonds is 4. The van der Waals surface area contributed by atoms with E-state index in [9.17, 15) is 9.59 Å². The Labute approximate surface area is 124 Å². The van der Waals surface area contributed by atoms with Crippen LogP contribution in [0.5, 0.6) is 0 Å². The van der Waals surface area contributed by atoms with Gasteiger partial charge in [0.2, 0.25) is 11.8 Å². The van der Waals surface area contributed by atoms with E-state index in [0.29, 0.717) is 11.3 Å². The second-order valence-electron chi connectivity index (χ2n) is 3.73. The molecule has 1 aromatic carbocycles. The molecule has 0 fully saturated rings. The van der Waals surface area contributed by atoms with Crippen LogP contribution in [0.4, 0.5) is 5.69 Å². The zero-order chi connectivity index (χ0) is 14.4. The molecule has 0 aliphatic carbocycles. The minimum absolute atomic E-state index is 0.170. The molecule has 2 amide bonds. The summed E-state index contributed by atoms with van der Waals surface area (Å²) >= 11 is 7.26. The number of benzene rings is 1. The molecule has 1 aromatic rings. The first-order chi connectivity index (χ1) is 8.97. The fraction of sp³-hybridized carbons (Fsp3) is 0.250. The van der Waals surface area contributed by atoms with E-state index in [1.165, 1.54) is 6.92 Å². The van der Waals surface area contributed by atoms with Crippen molar-refractivity contribution in [1.29, 1.82) is 5.26 Å². The second-order valence-corrected chi connectivity index (χ2v) is 5.01. The summed E-state index contributed by atoms with van der Waals surface area (Å²) < 4.78 is 0.745. The highest BCUT2D eigenvalue weighted by Gasteiger charge is 2.18. The van der Waals surface area contributed by atoms with Gasteiger partial charge in [-0.3, -0.25) is 9.59 Å². The van der Waals surface area contributed by atoms with E-state index in [4.69, 9.17) is 5.26 Å². The maximum Gasteiger partial charge on any atom is 0.247 e. The summed E-state index contributed by atoms with van der Waals surface area (Å²) in [6.45, 7) is 1.32. The Morgan fingerprint density at radius 2 is 2.21 bits per heavy atom. The molecule has 0 aliphatic heterocycles. The molecule has 2 N–H and O–H groups in total. The van der Waals surface area contributed by atoms with Gasteiger partial charge in [-0.15, -0.1) is 0 Å². The van der Waals surface area contributed by atoms with Crippen LogP contribution in [0.25, 0.3) is 0 Å². The van der Waals surface area contributed by atoms with E-state index in [2.05, 4.69) is 39.2 Å². The van der Waals surface area contributed by atoms with Gasteiger partial charge in [-0.25, -0.2) is 0 Å². The summed E-state index contributed by atoms with van der Waals surface area (Å²) in [5.41, 5.74) is 0.733. The summed E-state index contributed by atoms with van der Waals surface area (Å²) in [5, 5.41) is 14.1. The van der Waals surface area contributed by atoms with Crippen molar-refractivity contribution in [2.75, 3.05) is 11.1 Å². The van der Waals surface area contributed by atoms with Crippen LogP contribution in [0.1, 0.15) is 12.5 Å². The van der Waals surface area contributed by atoms with Crippen molar-refractivity contribution >= 4 is 46.1 Å². The Hall–Kier alpha value is -1.52. The van der Waals surface area contributed by atoms with Crippen LogP contribution in [-0.2, 0) is 9.59 Å². The Bertz CT molecular complexity index is 542.